The van der Waals surface area contributed by atoms with E-state index in [-0.39, 0.29) is 11.9 Å². The first kappa shape index (κ1) is 23.1. The second kappa shape index (κ2) is 9.05. The van der Waals surface area contributed by atoms with E-state index in [0.717, 1.165) is 35.7 Å². The lowest BCUT2D eigenvalue weighted by atomic mass is 10.1. The number of carbonyl (C=O) groups is 1. The average Bonchev–Trinajstić information content (AvgIpc) is 3.34. The van der Waals surface area contributed by atoms with Gasteiger partial charge in [0.2, 0.25) is 0 Å². The predicted molar refractivity (Wildman–Crippen MR) is 143 cm³/mol. The van der Waals surface area contributed by atoms with Gasteiger partial charge in [-0.15, -0.1) is 10.2 Å². The van der Waals surface area contributed by atoms with Gasteiger partial charge < -0.3 is 18.8 Å². The Bertz CT molecular complexity index is 1510. The molecule has 1 aromatic carbocycles. The highest BCUT2D eigenvalue weighted by atomic mass is 16.5. The van der Waals surface area contributed by atoms with Crippen molar-refractivity contribution in [1.29, 1.82) is 0 Å². The van der Waals surface area contributed by atoms with E-state index in [1.165, 1.54) is 12.8 Å². The molecule has 0 bridgehead atoms. The molecule has 1 saturated heterocycles. The van der Waals surface area contributed by atoms with Crippen LogP contribution in [0, 0.1) is 0 Å². The van der Waals surface area contributed by atoms with Crippen LogP contribution in [0.15, 0.2) is 49.2 Å². The van der Waals surface area contributed by atoms with Gasteiger partial charge >= 0.3 is 0 Å². The fourth-order valence-electron chi connectivity index (χ4n) is 5.35. The third kappa shape index (κ3) is 3.96. The molecule has 3 aromatic heterocycles. The minimum absolute atomic E-state index is 0.0488. The van der Waals surface area contributed by atoms with Crippen molar-refractivity contribution in [2.45, 2.75) is 45.2 Å². The van der Waals surface area contributed by atoms with Crippen molar-refractivity contribution in [2.75, 3.05) is 36.1 Å². The molecule has 194 valence electrons. The smallest absolute Gasteiger partial charge is 0.260 e. The number of anilines is 2. The van der Waals surface area contributed by atoms with E-state index >= 15 is 0 Å². The Kier molecular flexibility index (Phi) is 5.50. The molecule has 0 radical (unpaired) electrons. The predicted octanol–water partition coefficient (Wildman–Crippen LogP) is 3.98. The van der Waals surface area contributed by atoms with Gasteiger partial charge in [-0.2, -0.15) is 0 Å². The van der Waals surface area contributed by atoms with Crippen LogP contribution in [0.5, 0.6) is 0 Å². The first-order valence-electron chi connectivity index (χ1n) is 13.3. The van der Waals surface area contributed by atoms with Crippen molar-refractivity contribution in [3.8, 4) is 17.2 Å². The number of morpholine rings is 1. The van der Waals surface area contributed by atoms with Crippen LogP contribution in [-0.2, 0) is 11.3 Å². The van der Waals surface area contributed by atoms with Gasteiger partial charge in [-0.3, -0.25) is 9.69 Å². The third-order valence-corrected chi connectivity index (χ3v) is 7.60. The minimum atomic E-state index is -0.0488. The van der Waals surface area contributed by atoms with Gasteiger partial charge in [0.15, 0.2) is 5.82 Å². The summed E-state index contributed by atoms with van der Waals surface area (Å²) in [5.41, 5.74) is 5.61. The molecule has 4 aromatic rings. The summed E-state index contributed by atoms with van der Waals surface area (Å²) >= 11 is 0. The Morgan fingerprint density at radius 2 is 1.89 bits per heavy atom. The first-order chi connectivity index (χ1) is 18.6. The molecule has 0 atom stereocenters. The summed E-state index contributed by atoms with van der Waals surface area (Å²) in [7, 11) is 0. The topological polar surface area (TPSA) is 94.2 Å². The molecular formula is C28H30N8O2. The van der Waals surface area contributed by atoms with Crippen LogP contribution >= 0.6 is 0 Å². The minimum Gasteiger partial charge on any atom is -0.378 e. The summed E-state index contributed by atoms with van der Waals surface area (Å²) in [6.45, 7) is 7.63. The van der Waals surface area contributed by atoms with Crippen LogP contribution in [0.2, 0.25) is 0 Å². The van der Waals surface area contributed by atoms with Crippen molar-refractivity contribution >= 4 is 17.4 Å². The largest absolute Gasteiger partial charge is 0.378 e. The fraction of sp³-hybridized carbons (Fsp3) is 0.393. The van der Waals surface area contributed by atoms with Crippen LogP contribution < -0.4 is 9.80 Å². The highest BCUT2D eigenvalue weighted by molar-refractivity contribution is 6.10. The Labute approximate surface area is 220 Å². The maximum absolute atomic E-state index is 13.8. The lowest BCUT2D eigenvalue weighted by molar-refractivity contribution is 0.0996. The quantitative estimate of drug-likeness (QED) is 0.387. The van der Waals surface area contributed by atoms with Gasteiger partial charge in [-0.1, -0.05) is 6.07 Å². The molecule has 0 unspecified atom stereocenters. The Balaban J connectivity index is 1.26. The van der Waals surface area contributed by atoms with Crippen LogP contribution in [-0.4, -0.2) is 61.5 Å². The maximum atomic E-state index is 13.8. The van der Waals surface area contributed by atoms with Gasteiger partial charge in [0.25, 0.3) is 5.91 Å². The molecule has 10 nitrogen and oxygen atoms in total. The second-order valence-electron chi connectivity index (χ2n) is 10.5. The number of amides is 1. The van der Waals surface area contributed by atoms with Gasteiger partial charge in [0, 0.05) is 36.8 Å². The summed E-state index contributed by atoms with van der Waals surface area (Å²) in [5, 5.41) is 8.36. The highest BCUT2D eigenvalue weighted by Gasteiger charge is 2.33. The summed E-state index contributed by atoms with van der Waals surface area (Å²) in [6.07, 6.45) is 8.11. The fourth-order valence-corrected chi connectivity index (χ4v) is 5.35. The van der Waals surface area contributed by atoms with Crippen LogP contribution in [0.1, 0.15) is 60.3 Å². The molecule has 2 aliphatic heterocycles. The first-order valence-corrected chi connectivity index (χ1v) is 13.3. The Morgan fingerprint density at radius 1 is 1.05 bits per heavy atom. The number of nitrogens with zero attached hydrogens (tertiary/aromatic N) is 8. The molecule has 2 fully saturated rings. The molecule has 5 heterocycles. The molecule has 38 heavy (non-hydrogen) atoms. The van der Waals surface area contributed by atoms with Gasteiger partial charge in [0.05, 0.1) is 43.2 Å². The number of ether oxygens (including phenoxy) is 1. The molecule has 1 aliphatic carbocycles. The summed E-state index contributed by atoms with van der Waals surface area (Å²) in [4.78, 5) is 27.4. The molecule has 1 saturated carbocycles. The summed E-state index contributed by atoms with van der Waals surface area (Å²) < 4.78 is 9.67. The van der Waals surface area contributed by atoms with E-state index in [1.54, 1.807) is 11.2 Å². The molecule has 7 rings (SSSR count). The van der Waals surface area contributed by atoms with Crippen molar-refractivity contribution in [1.82, 2.24) is 29.3 Å². The Hall–Kier alpha value is -4.05. The Morgan fingerprint density at radius 3 is 2.68 bits per heavy atom. The monoisotopic (exact) mass is 510 g/mol. The zero-order valence-electron chi connectivity index (χ0n) is 21.6. The number of benzene rings is 1. The van der Waals surface area contributed by atoms with E-state index in [0.29, 0.717) is 48.6 Å². The maximum Gasteiger partial charge on any atom is 0.260 e. The van der Waals surface area contributed by atoms with Crippen molar-refractivity contribution in [3.05, 3.63) is 66.0 Å². The third-order valence-electron chi connectivity index (χ3n) is 7.60. The van der Waals surface area contributed by atoms with Crippen LogP contribution in [0.4, 0.5) is 11.5 Å². The number of pyridine rings is 1. The SMILES string of the molecule is CC(C)n1cnnc1-c1cccc(N2Cc3cc(N4CCOCC4)c(-n4cnc(C5CC5)c4)cc3C2=O)n1. The lowest BCUT2D eigenvalue weighted by Crippen LogP contribution is -2.36. The number of aromatic nitrogens is 6. The summed E-state index contributed by atoms with van der Waals surface area (Å²) in [5.74, 6) is 1.81. The standard InChI is InChI=1S/C28H30N8O2/c1-18(2)36-17-30-32-27(36)22-4-3-5-26(31-22)35-14-20-12-24(33-8-10-38-11-9-33)25(13-21(20)28(35)37)34-15-23(29-16-34)19-6-7-19/h3-5,12-13,15-19H,6-11,14H2,1-2H3. The number of carbonyl (C=O) groups excluding carboxylic acids is 1. The van der Waals surface area contributed by atoms with Gasteiger partial charge in [-0.25, -0.2) is 9.97 Å². The zero-order valence-corrected chi connectivity index (χ0v) is 21.6. The number of rotatable bonds is 6. The number of imidazole rings is 1. The van der Waals surface area contributed by atoms with Gasteiger partial charge in [0.1, 0.15) is 17.8 Å². The molecule has 1 amide bonds. The molecular weight excluding hydrogens is 480 g/mol. The van der Waals surface area contributed by atoms with E-state index in [2.05, 4.69) is 50.8 Å². The second-order valence-corrected chi connectivity index (χ2v) is 10.5. The van der Waals surface area contributed by atoms with E-state index in [9.17, 15) is 4.79 Å². The van der Waals surface area contributed by atoms with Crippen molar-refractivity contribution in [2.24, 2.45) is 0 Å². The van der Waals surface area contributed by atoms with E-state index in [1.807, 2.05) is 35.2 Å². The van der Waals surface area contributed by atoms with Crippen molar-refractivity contribution in [3.63, 3.8) is 0 Å². The number of hydrogen-bond donors (Lipinski definition) is 0. The molecule has 0 spiro atoms. The van der Waals surface area contributed by atoms with Crippen LogP contribution in [0.25, 0.3) is 17.2 Å². The summed E-state index contributed by atoms with van der Waals surface area (Å²) in [6, 6.07) is 10.1. The van der Waals surface area contributed by atoms with Crippen molar-refractivity contribution < 1.29 is 9.53 Å². The molecule has 3 aliphatic rings. The van der Waals surface area contributed by atoms with E-state index < -0.39 is 0 Å². The number of fused-ring (bicyclic) bond motifs is 1. The van der Waals surface area contributed by atoms with Crippen LogP contribution in [0.3, 0.4) is 0 Å². The molecule has 0 N–H and O–H groups in total. The number of hydrogen-bond acceptors (Lipinski definition) is 7. The van der Waals surface area contributed by atoms with E-state index in [4.69, 9.17) is 9.72 Å². The average molecular weight is 511 g/mol. The molecule has 10 heteroatoms. The zero-order chi connectivity index (χ0) is 25.8. The normalized spacial score (nSPS) is 17.5. The highest BCUT2D eigenvalue weighted by Crippen LogP contribution is 2.40. The lowest BCUT2D eigenvalue weighted by Gasteiger charge is -2.31. The van der Waals surface area contributed by atoms with Gasteiger partial charge in [-0.05, 0) is 56.5 Å².